The first kappa shape index (κ1) is 16.2. The van der Waals surface area contributed by atoms with Crippen LogP contribution in [-0.4, -0.2) is 52.6 Å². The second-order valence-electron chi connectivity index (χ2n) is 5.29. The highest BCUT2D eigenvalue weighted by molar-refractivity contribution is 5.92. The summed E-state index contributed by atoms with van der Waals surface area (Å²) in [6.45, 7) is 3.68. The number of carbonyl (C=O) groups excluding carboxylic acids is 2. The van der Waals surface area contributed by atoms with Crippen molar-refractivity contribution < 1.29 is 14.3 Å². The summed E-state index contributed by atoms with van der Waals surface area (Å²) in [5.74, 6) is -0.114. The molecule has 1 N–H and O–H groups in total. The van der Waals surface area contributed by atoms with Crippen LogP contribution in [0.5, 0.6) is 0 Å². The van der Waals surface area contributed by atoms with Crippen LogP contribution in [0.15, 0.2) is 18.6 Å². The Bertz CT molecular complexity index is 487. The predicted octanol–water partition coefficient (Wildman–Crippen LogP) is 1.61. The van der Waals surface area contributed by atoms with Crippen LogP contribution in [0.3, 0.4) is 0 Å². The van der Waals surface area contributed by atoms with Crippen LogP contribution >= 0.6 is 0 Å². The largest absolute Gasteiger partial charge is 0.450 e. The van der Waals surface area contributed by atoms with E-state index in [1.54, 1.807) is 4.90 Å². The van der Waals surface area contributed by atoms with E-state index in [0.29, 0.717) is 25.4 Å². The SMILES string of the molecule is CCCCOC(=O)NC1CCN(C(=O)c2cnccn2)CC1. The zero-order valence-corrected chi connectivity index (χ0v) is 12.8. The Morgan fingerprint density at radius 1 is 1.36 bits per heavy atom. The van der Waals surface area contributed by atoms with Crippen LogP contribution in [0, 0.1) is 0 Å². The lowest BCUT2D eigenvalue weighted by Crippen LogP contribution is -2.46. The number of aromatic nitrogens is 2. The fourth-order valence-corrected chi connectivity index (χ4v) is 2.32. The Hall–Kier alpha value is -2.18. The van der Waals surface area contributed by atoms with E-state index in [4.69, 9.17) is 4.74 Å². The molecule has 7 nitrogen and oxygen atoms in total. The highest BCUT2D eigenvalue weighted by Gasteiger charge is 2.25. The molecule has 2 amide bonds. The van der Waals surface area contributed by atoms with E-state index in [2.05, 4.69) is 15.3 Å². The highest BCUT2D eigenvalue weighted by atomic mass is 16.5. The maximum atomic E-state index is 12.2. The van der Waals surface area contributed by atoms with Crippen molar-refractivity contribution >= 4 is 12.0 Å². The third kappa shape index (κ3) is 4.68. The molecule has 1 aliphatic heterocycles. The second-order valence-corrected chi connectivity index (χ2v) is 5.29. The summed E-state index contributed by atoms with van der Waals surface area (Å²) in [7, 11) is 0. The van der Waals surface area contributed by atoms with Gasteiger partial charge in [-0.15, -0.1) is 0 Å². The molecule has 1 fully saturated rings. The van der Waals surface area contributed by atoms with Crippen LogP contribution in [0.1, 0.15) is 43.1 Å². The Labute approximate surface area is 130 Å². The molecule has 0 radical (unpaired) electrons. The summed E-state index contributed by atoms with van der Waals surface area (Å²) >= 11 is 0. The van der Waals surface area contributed by atoms with Crippen molar-refractivity contribution in [2.75, 3.05) is 19.7 Å². The van der Waals surface area contributed by atoms with Gasteiger partial charge in [0.05, 0.1) is 12.8 Å². The molecule has 120 valence electrons. The lowest BCUT2D eigenvalue weighted by atomic mass is 10.1. The zero-order chi connectivity index (χ0) is 15.8. The van der Waals surface area contributed by atoms with E-state index in [1.165, 1.54) is 18.6 Å². The smallest absolute Gasteiger partial charge is 0.407 e. The standard InChI is InChI=1S/C15H22N4O3/c1-2-3-10-22-15(21)18-12-4-8-19(9-5-12)14(20)13-11-16-6-7-17-13/h6-7,11-12H,2-5,8-10H2,1H3,(H,18,21). The van der Waals surface area contributed by atoms with E-state index in [-0.39, 0.29) is 18.0 Å². The predicted molar refractivity (Wildman–Crippen MR) is 80.3 cm³/mol. The molecule has 1 aliphatic rings. The minimum Gasteiger partial charge on any atom is -0.450 e. The molecule has 1 aromatic rings. The van der Waals surface area contributed by atoms with Crippen LogP contribution in [0.2, 0.25) is 0 Å². The average Bonchev–Trinajstić information content (AvgIpc) is 2.56. The second kappa shape index (κ2) is 8.31. The average molecular weight is 306 g/mol. The van der Waals surface area contributed by atoms with Gasteiger partial charge in [-0.25, -0.2) is 9.78 Å². The maximum absolute atomic E-state index is 12.2. The van der Waals surface area contributed by atoms with Crippen molar-refractivity contribution in [1.82, 2.24) is 20.2 Å². The Morgan fingerprint density at radius 3 is 2.77 bits per heavy atom. The quantitative estimate of drug-likeness (QED) is 0.835. The monoisotopic (exact) mass is 306 g/mol. The van der Waals surface area contributed by atoms with Gasteiger partial charge in [-0.1, -0.05) is 13.3 Å². The van der Waals surface area contributed by atoms with E-state index in [0.717, 1.165) is 25.7 Å². The molecule has 0 atom stereocenters. The molecule has 1 aromatic heterocycles. The number of rotatable bonds is 5. The van der Waals surface area contributed by atoms with Crippen LogP contribution < -0.4 is 5.32 Å². The van der Waals surface area contributed by atoms with Gasteiger partial charge in [-0.3, -0.25) is 9.78 Å². The summed E-state index contributed by atoms with van der Waals surface area (Å²) < 4.78 is 5.08. The number of nitrogens with zero attached hydrogens (tertiary/aromatic N) is 3. The van der Waals surface area contributed by atoms with E-state index in [9.17, 15) is 9.59 Å². The van der Waals surface area contributed by atoms with Gasteiger partial charge in [0.2, 0.25) is 0 Å². The summed E-state index contributed by atoms with van der Waals surface area (Å²) in [6, 6.07) is 0.0556. The van der Waals surface area contributed by atoms with Gasteiger partial charge in [0.1, 0.15) is 5.69 Å². The number of carbonyl (C=O) groups is 2. The Morgan fingerprint density at radius 2 is 2.14 bits per heavy atom. The van der Waals surface area contributed by atoms with Crippen molar-refractivity contribution in [1.29, 1.82) is 0 Å². The molecule has 7 heteroatoms. The van der Waals surface area contributed by atoms with Gasteiger partial charge in [0.15, 0.2) is 0 Å². The van der Waals surface area contributed by atoms with Gasteiger partial charge in [-0.2, -0.15) is 0 Å². The van der Waals surface area contributed by atoms with Gasteiger partial charge in [0, 0.05) is 31.5 Å². The number of hydrogen-bond donors (Lipinski definition) is 1. The lowest BCUT2D eigenvalue weighted by molar-refractivity contribution is 0.0695. The minimum absolute atomic E-state index is 0.0556. The molecule has 0 saturated carbocycles. The van der Waals surface area contributed by atoms with Gasteiger partial charge in [0.25, 0.3) is 5.91 Å². The van der Waals surface area contributed by atoms with Crippen molar-refractivity contribution in [3.63, 3.8) is 0 Å². The first-order valence-electron chi connectivity index (χ1n) is 7.69. The fraction of sp³-hybridized carbons (Fsp3) is 0.600. The molecular weight excluding hydrogens is 284 g/mol. The van der Waals surface area contributed by atoms with E-state index < -0.39 is 0 Å². The number of ether oxygens (including phenoxy) is 1. The summed E-state index contributed by atoms with van der Waals surface area (Å²) in [6.07, 6.45) is 7.45. The summed E-state index contributed by atoms with van der Waals surface area (Å²) in [5.41, 5.74) is 0.355. The molecule has 1 saturated heterocycles. The number of unbranched alkanes of at least 4 members (excludes halogenated alkanes) is 1. The fourth-order valence-electron chi connectivity index (χ4n) is 2.32. The third-order valence-electron chi connectivity index (χ3n) is 3.62. The number of nitrogens with one attached hydrogen (secondary N) is 1. The number of amides is 2. The molecule has 0 aromatic carbocycles. The van der Waals surface area contributed by atoms with Gasteiger partial charge in [-0.05, 0) is 19.3 Å². The van der Waals surface area contributed by atoms with Gasteiger partial charge >= 0.3 is 6.09 Å². The summed E-state index contributed by atoms with van der Waals surface area (Å²) in [4.78, 5) is 33.5. The topological polar surface area (TPSA) is 84.4 Å². The number of likely N-dealkylation sites (tertiary alicyclic amines) is 1. The molecule has 0 aliphatic carbocycles. The number of hydrogen-bond acceptors (Lipinski definition) is 5. The van der Waals surface area contributed by atoms with Crippen LogP contribution in [0.25, 0.3) is 0 Å². The summed E-state index contributed by atoms with van der Waals surface area (Å²) in [5, 5.41) is 2.85. The molecule has 0 spiro atoms. The molecule has 0 bridgehead atoms. The first-order chi connectivity index (χ1) is 10.7. The highest BCUT2D eigenvalue weighted by Crippen LogP contribution is 2.13. The first-order valence-corrected chi connectivity index (χ1v) is 7.69. The van der Waals surface area contributed by atoms with Crippen molar-refractivity contribution in [2.24, 2.45) is 0 Å². The van der Waals surface area contributed by atoms with E-state index in [1.807, 2.05) is 6.92 Å². The number of piperidine rings is 1. The van der Waals surface area contributed by atoms with Crippen molar-refractivity contribution in [3.8, 4) is 0 Å². The van der Waals surface area contributed by atoms with E-state index >= 15 is 0 Å². The van der Waals surface area contributed by atoms with Crippen molar-refractivity contribution in [3.05, 3.63) is 24.3 Å². The molecular formula is C15H22N4O3. The van der Waals surface area contributed by atoms with Crippen LogP contribution in [0.4, 0.5) is 4.79 Å². The normalized spacial score (nSPS) is 15.4. The minimum atomic E-state index is -0.368. The third-order valence-corrected chi connectivity index (χ3v) is 3.62. The molecule has 2 rings (SSSR count). The van der Waals surface area contributed by atoms with Crippen LogP contribution in [-0.2, 0) is 4.74 Å². The number of alkyl carbamates (subject to hydrolysis) is 1. The molecule has 22 heavy (non-hydrogen) atoms. The Kier molecular flexibility index (Phi) is 6.12. The van der Waals surface area contributed by atoms with Crippen molar-refractivity contribution in [2.45, 2.75) is 38.6 Å². The molecule has 2 heterocycles. The lowest BCUT2D eigenvalue weighted by Gasteiger charge is -2.31. The Balaban J connectivity index is 1.74. The zero-order valence-electron chi connectivity index (χ0n) is 12.8. The maximum Gasteiger partial charge on any atom is 0.407 e. The molecule has 0 unspecified atom stereocenters. The van der Waals surface area contributed by atoms with Gasteiger partial charge < -0.3 is 15.0 Å².